The van der Waals surface area contributed by atoms with Gasteiger partial charge >= 0.3 is 0 Å². The lowest BCUT2D eigenvalue weighted by atomic mass is 10.1. The molecular weight excluding hydrogens is 328 g/mol. The number of rotatable bonds is 5. The first-order valence-electron chi connectivity index (χ1n) is 7.42. The molecule has 0 aliphatic heterocycles. The van der Waals surface area contributed by atoms with Crippen molar-refractivity contribution in [3.05, 3.63) is 57.0 Å². The third kappa shape index (κ3) is 3.34. The summed E-state index contributed by atoms with van der Waals surface area (Å²) in [4.78, 5) is 29.4. The number of carbonyl (C=O) groups excluding carboxylic acids is 1. The number of hydrogen-bond acceptors (Lipinski definition) is 6. The van der Waals surface area contributed by atoms with Crippen LogP contribution in [0.2, 0.25) is 0 Å². The molecule has 1 N–H and O–H groups in total. The van der Waals surface area contributed by atoms with E-state index >= 15 is 0 Å². The molecule has 0 aliphatic rings. The minimum atomic E-state index is -0.417. The summed E-state index contributed by atoms with van der Waals surface area (Å²) >= 11 is 1.28. The van der Waals surface area contributed by atoms with E-state index in [-0.39, 0.29) is 11.6 Å². The first-order chi connectivity index (χ1) is 11.6. The van der Waals surface area contributed by atoms with Crippen LogP contribution in [0.4, 0.5) is 5.69 Å². The molecule has 0 saturated heterocycles. The third-order valence-electron chi connectivity index (χ3n) is 3.29. The minimum absolute atomic E-state index is 0.0901. The van der Waals surface area contributed by atoms with Gasteiger partial charge in [-0.1, -0.05) is 29.0 Å². The third-order valence-corrected chi connectivity index (χ3v) is 4.18. The SMILES string of the molecule is CCOCc1nn2c(=O)c(NC(=O)c3cccc(C)c3)cnc2s1. The topological polar surface area (TPSA) is 85.6 Å². The number of benzene rings is 1. The molecule has 24 heavy (non-hydrogen) atoms. The van der Waals surface area contributed by atoms with Gasteiger partial charge in [0.05, 0.1) is 6.20 Å². The first kappa shape index (κ1) is 16.3. The summed E-state index contributed by atoms with van der Waals surface area (Å²) in [5.74, 6) is -0.359. The number of aryl methyl sites for hydroxylation is 1. The number of hydrogen-bond donors (Lipinski definition) is 1. The van der Waals surface area contributed by atoms with Crippen molar-refractivity contribution in [3.8, 4) is 0 Å². The van der Waals surface area contributed by atoms with E-state index in [4.69, 9.17) is 4.74 Å². The Morgan fingerprint density at radius 1 is 1.42 bits per heavy atom. The molecule has 0 spiro atoms. The number of ether oxygens (including phenoxy) is 1. The molecule has 0 fully saturated rings. The Hall–Kier alpha value is -2.58. The molecule has 1 aromatic carbocycles. The van der Waals surface area contributed by atoms with Crippen molar-refractivity contribution in [1.82, 2.24) is 14.6 Å². The number of fused-ring (bicyclic) bond motifs is 1. The monoisotopic (exact) mass is 344 g/mol. The zero-order chi connectivity index (χ0) is 17.1. The van der Waals surface area contributed by atoms with Crippen molar-refractivity contribution in [1.29, 1.82) is 0 Å². The van der Waals surface area contributed by atoms with Crippen molar-refractivity contribution < 1.29 is 9.53 Å². The van der Waals surface area contributed by atoms with Crippen molar-refractivity contribution >= 4 is 27.9 Å². The van der Waals surface area contributed by atoms with E-state index in [0.717, 1.165) is 5.56 Å². The number of anilines is 1. The zero-order valence-corrected chi connectivity index (χ0v) is 14.1. The van der Waals surface area contributed by atoms with Crippen LogP contribution >= 0.6 is 11.3 Å². The molecular formula is C16H16N4O3S. The lowest BCUT2D eigenvalue weighted by Gasteiger charge is -2.04. The second kappa shape index (κ2) is 6.90. The largest absolute Gasteiger partial charge is 0.374 e. The van der Waals surface area contributed by atoms with Gasteiger partial charge in [0, 0.05) is 12.2 Å². The Morgan fingerprint density at radius 3 is 3.00 bits per heavy atom. The van der Waals surface area contributed by atoms with Crippen LogP contribution in [0.15, 0.2) is 35.3 Å². The van der Waals surface area contributed by atoms with E-state index in [1.165, 1.54) is 22.0 Å². The van der Waals surface area contributed by atoms with Gasteiger partial charge in [-0.2, -0.15) is 9.61 Å². The molecule has 2 heterocycles. The summed E-state index contributed by atoms with van der Waals surface area (Å²) in [6.07, 6.45) is 1.36. The highest BCUT2D eigenvalue weighted by Gasteiger charge is 2.13. The van der Waals surface area contributed by atoms with Gasteiger partial charge in [0.1, 0.15) is 17.3 Å². The molecule has 2 aromatic heterocycles. The first-order valence-corrected chi connectivity index (χ1v) is 8.23. The zero-order valence-electron chi connectivity index (χ0n) is 13.3. The average Bonchev–Trinajstić information content (AvgIpc) is 2.99. The standard InChI is InChI=1S/C16H16N4O3S/c1-3-23-9-13-19-20-15(22)12(8-17-16(20)24-13)18-14(21)11-6-4-5-10(2)7-11/h4-8H,3,9H2,1-2H3,(H,18,21). The van der Waals surface area contributed by atoms with Gasteiger partial charge in [0.25, 0.3) is 11.5 Å². The van der Waals surface area contributed by atoms with E-state index in [1.807, 2.05) is 19.9 Å². The molecule has 8 heteroatoms. The summed E-state index contributed by atoms with van der Waals surface area (Å²) in [6, 6.07) is 7.13. The number of aromatic nitrogens is 3. The molecule has 0 saturated carbocycles. The Bertz CT molecular complexity index is 948. The van der Waals surface area contributed by atoms with Crippen molar-refractivity contribution in [2.75, 3.05) is 11.9 Å². The predicted molar refractivity (Wildman–Crippen MR) is 91.6 cm³/mol. The van der Waals surface area contributed by atoms with Crippen LogP contribution in [0.25, 0.3) is 4.96 Å². The fraction of sp³-hybridized carbons (Fsp3) is 0.250. The van der Waals surface area contributed by atoms with Crippen molar-refractivity contribution in [3.63, 3.8) is 0 Å². The van der Waals surface area contributed by atoms with Gasteiger partial charge in [-0.05, 0) is 26.0 Å². The minimum Gasteiger partial charge on any atom is -0.374 e. The highest BCUT2D eigenvalue weighted by atomic mass is 32.1. The van der Waals surface area contributed by atoms with Crippen LogP contribution < -0.4 is 10.9 Å². The van der Waals surface area contributed by atoms with E-state index < -0.39 is 5.56 Å². The Kier molecular flexibility index (Phi) is 4.68. The van der Waals surface area contributed by atoms with E-state index in [0.29, 0.717) is 28.7 Å². The van der Waals surface area contributed by atoms with Crippen LogP contribution in [0.1, 0.15) is 27.9 Å². The number of nitrogens with zero attached hydrogens (tertiary/aromatic N) is 3. The second-order valence-corrected chi connectivity index (χ2v) is 6.17. The Morgan fingerprint density at radius 2 is 2.25 bits per heavy atom. The molecule has 0 aliphatic carbocycles. The summed E-state index contributed by atoms with van der Waals surface area (Å²) < 4.78 is 6.47. The van der Waals surface area contributed by atoms with Gasteiger partial charge in [-0.3, -0.25) is 9.59 Å². The Labute approximate surface area is 141 Å². The molecule has 0 unspecified atom stereocenters. The quantitative estimate of drug-likeness (QED) is 0.767. The molecule has 7 nitrogen and oxygen atoms in total. The number of carbonyl (C=O) groups is 1. The van der Waals surface area contributed by atoms with E-state index in [9.17, 15) is 9.59 Å². The highest BCUT2D eigenvalue weighted by molar-refractivity contribution is 7.16. The molecule has 0 atom stereocenters. The van der Waals surface area contributed by atoms with Crippen LogP contribution in [-0.2, 0) is 11.3 Å². The maximum absolute atomic E-state index is 12.5. The number of nitrogens with one attached hydrogen (secondary N) is 1. The fourth-order valence-corrected chi connectivity index (χ4v) is 2.93. The van der Waals surface area contributed by atoms with E-state index in [1.54, 1.807) is 18.2 Å². The van der Waals surface area contributed by atoms with Gasteiger partial charge in [0.15, 0.2) is 0 Å². The predicted octanol–water partition coefficient (Wildman–Crippen LogP) is 2.25. The molecule has 0 bridgehead atoms. The molecule has 1 amide bonds. The van der Waals surface area contributed by atoms with Crippen LogP contribution in [0, 0.1) is 6.92 Å². The Balaban J connectivity index is 1.88. The molecule has 0 radical (unpaired) electrons. The highest BCUT2D eigenvalue weighted by Crippen LogP contribution is 2.13. The number of amides is 1. The van der Waals surface area contributed by atoms with Gasteiger partial charge in [-0.15, -0.1) is 0 Å². The maximum atomic E-state index is 12.5. The lowest BCUT2D eigenvalue weighted by molar-refractivity contribution is 0.102. The normalized spacial score (nSPS) is 10.9. The summed E-state index contributed by atoms with van der Waals surface area (Å²) in [6.45, 7) is 4.68. The fourth-order valence-electron chi connectivity index (χ4n) is 2.14. The van der Waals surface area contributed by atoms with Gasteiger partial charge in [-0.25, -0.2) is 4.98 Å². The summed E-state index contributed by atoms with van der Waals surface area (Å²) in [5.41, 5.74) is 1.12. The van der Waals surface area contributed by atoms with Gasteiger partial charge in [0.2, 0.25) is 4.96 Å². The van der Waals surface area contributed by atoms with Crippen LogP contribution in [0.5, 0.6) is 0 Å². The van der Waals surface area contributed by atoms with Crippen LogP contribution in [0.3, 0.4) is 0 Å². The lowest BCUT2D eigenvalue weighted by Crippen LogP contribution is -2.23. The maximum Gasteiger partial charge on any atom is 0.298 e. The van der Waals surface area contributed by atoms with Crippen LogP contribution in [-0.4, -0.2) is 27.1 Å². The van der Waals surface area contributed by atoms with Gasteiger partial charge < -0.3 is 10.1 Å². The van der Waals surface area contributed by atoms with E-state index in [2.05, 4.69) is 15.4 Å². The second-order valence-electron chi connectivity index (χ2n) is 5.13. The summed E-state index contributed by atoms with van der Waals surface area (Å²) in [5, 5.41) is 7.44. The molecule has 124 valence electrons. The van der Waals surface area contributed by atoms with Crippen molar-refractivity contribution in [2.45, 2.75) is 20.5 Å². The summed E-state index contributed by atoms with van der Waals surface area (Å²) in [7, 11) is 0. The smallest absolute Gasteiger partial charge is 0.298 e. The average molecular weight is 344 g/mol. The van der Waals surface area contributed by atoms with Crippen molar-refractivity contribution in [2.24, 2.45) is 0 Å². The molecule has 3 rings (SSSR count). The molecule has 3 aromatic rings.